The van der Waals surface area contributed by atoms with Crippen LogP contribution in [0.1, 0.15) is 32.6 Å². The molecule has 2 amide bonds. The van der Waals surface area contributed by atoms with Gasteiger partial charge in [-0.1, -0.05) is 0 Å². The molecule has 0 saturated heterocycles. The van der Waals surface area contributed by atoms with Crippen molar-refractivity contribution in [1.29, 1.82) is 0 Å². The lowest BCUT2D eigenvalue weighted by molar-refractivity contribution is -0.131. The highest BCUT2D eigenvalue weighted by molar-refractivity contribution is 7.89. The second-order valence-corrected chi connectivity index (χ2v) is 10.1. The number of halogens is 1. The lowest BCUT2D eigenvalue weighted by atomic mass is 9.81. The predicted octanol–water partition coefficient (Wildman–Crippen LogP) is 1.09. The molecule has 174 valence electrons. The molecule has 3 N–H and O–H groups in total. The van der Waals surface area contributed by atoms with Crippen LogP contribution in [0.2, 0.25) is 0 Å². The van der Waals surface area contributed by atoms with Crippen LogP contribution in [0.4, 0.5) is 4.39 Å². The third-order valence-electron chi connectivity index (χ3n) is 5.51. The van der Waals surface area contributed by atoms with Gasteiger partial charge in [0.1, 0.15) is 11.9 Å². The van der Waals surface area contributed by atoms with E-state index in [-0.39, 0.29) is 35.1 Å². The highest BCUT2D eigenvalue weighted by Crippen LogP contribution is 2.29. The van der Waals surface area contributed by atoms with Gasteiger partial charge in [0.15, 0.2) is 0 Å². The average Bonchev–Trinajstić information content (AvgIpc) is 2.72. The molecule has 0 bridgehead atoms. The Morgan fingerprint density at radius 3 is 2.32 bits per heavy atom. The maximum absolute atomic E-state index is 13.0. The summed E-state index contributed by atoms with van der Waals surface area (Å²) in [6, 6.07) is 4.09. The minimum absolute atomic E-state index is 0.0276. The number of rotatable bonds is 10. The Balaban J connectivity index is 1.73. The Bertz CT molecular complexity index is 837. The van der Waals surface area contributed by atoms with Gasteiger partial charge in [-0.25, -0.2) is 17.5 Å². The summed E-state index contributed by atoms with van der Waals surface area (Å²) in [6.45, 7) is 3.18. The molecule has 1 aromatic rings. The fourth-order valence-electron chi connectivity index (χ4n) is 3.51. The van der Waals surface area contributed by atoms with Crippen molar-refractivity contribution in [3.8, 4) is 0 Å². The van der Waals surface area contributed by atoms with Crippen molar-refractivity contribution in [3.63, 3.8) is 0 Å². The van der Waals surface area contributed by atoms with E-state index in [0.717, 1.165) is 18.7 Å². The number of amides is 2. The molecule has 1 fully saturated rings. The molecule has 0 heterocycles. The molecule has 10 heteroatoms. The lowest BCUT2D eigenvalue weighted by Crippen LogP contribution is -2.48. The van der Waals surface area contributed by atoms with Crippen molar-refractivity contribution in [2.45, 2.75) is 43.5 Å². The second kappa shape index (κ2) is 11.5. The quantitative estimate of drug-likeness (QED) is 0.489. The zero-order chi connectivity index (χ0) is 23.0. The van der Waals surface area contributed by atoms with Crippen LogP contribution >= 0.6 is 0 Å². The lowest BCUT2D eigenvalue weighted by Gasteiger charge is -2.28. The summed E-state index contributed by atoms with van der Waals surface area (Å²) in [5.74, 6) is -0.886. The van der Waals surface area contributed by atoms with E-state index in [1.807, 2.05) is 19.0 Å². The zero-order valence-electron chi connectivity index (χ0n) is 18.4. The first-order valence-electron chi connectivity index (χ1n) is 10.6. The van der Waals surface area contributed by atoms with E-state index >= 15 is 0 Å². The van der Waals surface area contributed by atoms with Crippen LogP contribution in [0.15, 0.2) is 29.2 Å². The van der Waals surface area contributed by atoms with Crippen molar-refractivity contribution in [1.82, 2.24) is 20.3 Å². The number of nitrogens with zero attached hydrogens (tertiary/aromatic N) is 1. The van der Waals surface area contributed by atoms with Gasteiger partial charge in [0.05, 0.1) is 4.90 Å². The molecule has 1 saturated carbocycles. The van der Waals surface area contributed by atoms with Crippen molar-refractivity contribution in [2.75, 3.05) is 33.7 Å². The SMILES string of the molecule is C[C@H](NC(=O)C1CCC(CNS(=O)(=O)c2ccc(F)cc2)CC1)C(=O)NCCN(C)C. The average molecular weight is 457 g/mol. The number of nitrogens with one attached hydrogen (secondary N) is 3. The van der Waals surface area contributed by atoms with Gasteiger partial charge in [0.2, 0.25) is 21.8 Å². The summed E-state index contributed by atoms with van der Waals surface area (Å²) in [5.41, 5.74) is 0. The van der Waals surface area contributed by atoms with Crippen LogP contribution < -0.4 is 15.4 Å². The smallest absolute Gasteiger partial charge is 0.242 e. The number of hydrogen-bond donors (Lipinski definition) is 3. The summed E-state index contributed by atoms with van der Waals surface area (Å²) in [5, 5.41) is 5.57. The number of carbonyl (C=O) groups is 2. The predicted molar refractivity (Wildman–Crippen MR) is 116 cm³/mol. The summed E-state index contributed by atoms with van der Waals surface area (Å²) < 4.78 is 40.2. The first kappa shape index (κ1) is 25.2. The molecule has 0 unspecified atom stereocenters. The highest BCUT2D eigenvalue weighted by Gasteiger charge is 2.29. The minimum Gasteiger partial charge on any atom is -0.353 e. The van der Waals surface area contributed by atoms with Crippen LogP contribution in [0.3, 0.4) is 0 Å². The number of sulfonamides is 1. The van der Waals surface area contributed by atoms with E-state index in [4.69, 9.17) is 0 Å². The monoisotopic (exact) mass is 456 g/mol. The van der Waals surface area contributed by atoms with Crippen molar-refractivity contribution in [3.05, 3.63) is 30.1 Å². The summed E-state index contributed by atoms with van der Waals surface area (Å²) in [7, 11) is 0.148. The van der Waals surface area contributed by atoms with E-state index in [9.17, 15) is 22.4 Å². The molecular formula is C21H33FN4O4S. The molecule has 2 rings (SSSR count). The molecule has 1 aliphatic carbocycles. The molecule has 1 atom stereocenters. The van der Waals surface area contributed by atoms with Crippen LogP contribution in [0.5, 0.6) is 0 Å². The number of hydrogen-bond acceptors (Lipinski definition) is 5. The summed E-state index contributed by atoms with van der Waals surface area (Å²) >= 11 is 0. The molecule has 0 aromatic heterocycles. The number of benzene rings is 1. The fourth-order valence-corrected chi connectivity index (χ4v) is 4.62. The normalized spacial score (nSPS) is 20.3. The van der Waals surface area contributed by atoms with Crippen LogP contribution in [-0.2, 0) is 19.6 Å². The fraction of sp³-hybridized carbons (Fsp3) is 0.619. The summed E-state index contributed by atoms with van der Waals surface area (Å²) in [4.78, 5) is 26.6. The number of likely N-dealkylation sites (N-methyl/N-ethyl adjacent to an activating group) is 1. The Morgan fingerprint density at radius 1 is 1.13 bits per heavy atom. The van der Waals surface area contributed by atoms with Gasteiger partial charge < -0.3 is 15.5 Å². The molecule has 31 heavy (non-hydrogen) atoms. The maximum Gasteiger partial charge on any atom is 0.242 e. The Morgan fingerprint density at radius 2 is 1.74 bits per heavy atom. The third kappa shape index (κ3) is 8.19. The molecule has 0 spiro atoms. The van der Waals surface area contributed by atoms with Crippen molar-refractivity contribution >= 4 is 21.8 Å². The van der Waals surface area contributed by atoms with Gasteiger partial charge in [0.25, 0.3) is 0 Å². The third-order valence-corrected chi connectivity index (χ3v) is 6.95. The highest BCUT2D eigenvalue weighted by atomic mass is 32.2. The standard InChI is InChI=1S/C21H33FN4O4S/c1-15(20(27)23-12-13-26(2)3)25-21(28)17-6-4-16(5-7-17)14-24-31(29,30)19-10-8-18(22)9-11-19/h8-11,15-17,24H,4-7,12-14H2,1-3H3,(H,23,27)(H,25,28)/t15-,16?,17?/m0/s1. The van der Waals surface area contributed by atoms with Gasteiger partial charge >= 0.3 is 0 Å². The van der Waals surface area contributed by atoms with Crippen LogP contribution in [-0.4, -0.2) is 64.9 Å². The van der Waals surface area contributed by atoms with Gasteiger partial charge in [-0.2, -0.15) is 0 Å². The zero-order valence-corrected chi connectivity index (χ0v) is 19.2. The van der Waals surface area contributed by atoms with E-state index in [1.165, 1.54) is 12.1 Å². The van der Waals surface area contributed by atoms with E-state index in [2.05, 4.69) is 15.4 Å². The van der Waals surface area contributed by atoms with Gasteiger partial charge in [0, 0.05) is 25.6 Å². The van der Waals surface area contributed by atoms with Crippen molar-refractivity contribution in [2.24, 2.45) is 11.8 Å². The molecule has 0 radical (unpaired) electrons. The Kier molecular flexibility index (Phi) is 9.39. The Hall–Kier alpha value is -2.04. The molecule has 1 aromatic carbocycles. The van der Waals surface area contributed by atoms with Gasteiger partial charge in [-0.3, -0.25) is 9.59 Å². The van der Waals surface area contributed by atoms with Crippen molar-refractivity contribution < 1.29 is 22.4 Å². The molecule has 8 nitrogen and oxygen atoms in total. The maximum atomic E-state index is 13.0. The van der Waals surface area contributed by atoms with Gasteiger partial charge in [-0.05, 0) is 76.9 Å². The largest absolute Gasteiger partial charge is 0.353 e. The number of carbonyl (C=O) groups excluding carboxylic acids is 2. The topological polar surface area (TPSA) is 108 Å². The van der Waals surface area contributed by atoms with E-state index in [0.29, 0.717) is 32.2 Å². The molecular weight excluding hydrogens is 423 g/mol. The molecule has 0 aliphatic heterocycles. The van der Waals surface area contributed by atoms with E-state index < -0.39 is 21.9 Å². The van der Waals surface area contributed by atoms with Gasteiger partial charge in [-0.15, -0.1) is 0 Å². The second-order valence-electron chi connectivity index (χ2n) is 8.35. The minimum atomic E-state index is -3.69. The van der Waals surface area contributed by atoms with Crippen LogP contribution in [0.25, 0.3) is 0 Å². The summed E-state index contributed by atoms with van der Waals surface area (Å²) in [6.07, 6.45) is 2.72. The Labute approximate surface area is 184 Å². The van der Waals surface area contributed by atoms with E-state index in [1.54, 1.807) is 6.92 Å². The van der Waals surface area contributed by atoms with Crippen LogP contribution in [0, 0.1) is 17.7 Å². The first-order chi connectivity index (χ1) is 14.6. The first-order valence-corrected chi connectivity index (χ1v) is 12.0. The molecule has 1 aliphatic rings.